The van der Waals surface area contributed by atoms with Gasteiger partial charge in [0.15, 0.2) is 0 Å². The van der Waals surface area contributed by atoms with E-state index in [0.29, 0.717) is 0 Å². The predicted octanol–water partition coefficient (Wildman–Crippen LogP) is 2.23. The number of nitro groups is 1. The Labute approximate surface area is 124 Å². The van der Waals surface area contributed by atoms with Crippen LogP contribution in [0.2, 0.25) is 0 Å². The van der Waals surface area contributed by atoms with Crippen LogP contribution in [0.1, 0.15) is 0 Å². The Kier molecular flexibility index (Phi) is 6.80. The van der Waals surface area contributed by atoms with Crippen LogP contribution in [-0.2, 0) is 32.7 Å². The molecule has 2 aromatic carbocycles. The molecule has 2 aromatic rings. The maximum Gasteiger partial charge on any atom is 0.269 e. The molecule has 0 spiro atoms. The molecule has 0 unspecified atom stereocenters. The zero-order valence-corrected chi connectivity index (χ0v) is 11.8. The van der Waals surface area contributed by atoms with Crippen molar-refractivity contribution >= 4 is 5.69 Å². The van der Waals surface area contributed by atoms with Crippen molar-refractivity contribution in [2.24, 2.45) is 0 Å². The van der Waals surface area contributed by atoms with Crippen molar-refractivity contribution in [2.45, 2.75) is 0 Å². The van der Waals surface area contributed by atoms with Crippen molar-refractivity contribution < 1.29 is 43.1 Å². The van der Waals surface area contributed by atoms with Crippen LogP contribution in [0, 0.1) is 16.2 Å². The molecule has 2 N–H and O–H groups in total. The Bertz CT molecular complexity index is 471. The number of nitrogens with zero attached hydrogens (tertiary/aromatic N) is 1. The Hall–Kier alpha value is -1.10. The summed E-state index contributed by atoms with van der Waals surface area (Å²) < 4.78 is 0. The molecule has 0 aromatic heterocycles. The van der Waals surface area contributed by atoms with Gasteiger partial charge < -0.3 is 5.48 Å². The van der Waals surface area contributed by atoms with Crippen molar-refractivity contribution in [3.05, 3.63) is 64.7 Å². The van der Waals surface area contributed by atoms with Gasteiger partial charge >= 0.3 is 0 Å². The molecule has 1 radical (unpaired) electrons. The third-order valence-corrected chi connectivity index (χ3v) is 2.13. The van der Waals surface area contributed by atoms with Gasteiger partial charge in [-0.3, -0.25) is 10.1 Å². The number of non-ortho nitro benzene ring substituents is 1. The van der Waals surface area contributed by atoms with Gasteiger partial charge in [0.1, 0.15) is 0 Å². The number of benzene rings is 2. The summed E-state index contributed by atoms with van der Waals surface area (Å²) in [6.07, 6.45) is 0. The molecule has 0 aliphatic rings. The summed E-state index contributed by atoms with van der Waals surface area (Å²) in [5.74, 6) is 0. The van der Waals surface area contributed by atoms with Crippen molar-refractivity contribution in [3.8, 4) is 11.1 Å². The van der Waals surface area contributed by atoms with Gasteiger partial charge in [-0.2, -0.15) is 30.3 Å². The minimum atomic E-state index is -0.400. The average Bonchev–Trinajstić information content (AvgIpc) is 2.30. The molecule has 5 heteroatoms. The van der Waals surface area contributed by atoms with E-state index in [1.807, 2.05) is 24.3 Å². The standard InChI is InChI=1S/C12H8NO2.H2O.Y/c14-13(15)12-8-6-11(7-9-12)10-4-2-1-3-5-10;;/h2-9H;1H2;/q-1;;. The normalized spacial score (nSPS) is 8.71. The summed E-state index contributed by atoms with van der Waals surface area (Å²) in [6.45, 7) is 0. The molecule has 0 bridgehead atoms. The van der Waals surface area contributed by atoms with Gasteiger partial charge in [0, 0.05) is 44.8 Å². The van der Waals surface area contributed by atoms with Gasteiger partial charge in [-0.05, 0) is 17.7 Å². The fraction of sp³-hybridized carbons (Fsp3) is 0. The van der Waals surface area contributed by atoms with Crippen LogP contribution in [-0.4, -0.2) is 10.4 Å². The van der Waals surface area contributed by atoms with Gasteiger partial charge in [-0.1, -0.05) is 0 Å². The molecule has 2 rings (SSSR count). The molecule has 0 aliphatic heterocycles. The van der Waals surface area contributed by atoms with E-state index < -0.39 is 4.92 Å². The first kappa shape index (κ1) is 15.9. The molecule has 85 valence electrons. The summed E-state index contributed by atoms with van der Waals surface area (Å²) in [4.78, 5) is 10.0. The van der Waals surface area contributed by atoms with E-state index in [2.05, 4.69) is 6.07 Å². The zero-order chi connectivity index (χ0) is 10.7. The van der Waals surface area contributed by atoms with E-state index in [4.69, 9.17) is 0 Å². The zero-order valence-electron chi connectivity index (χ0n) is 8.96. The van der Waals surface area contributed by atoms with Crippen molar-refractivity contribution in [1.29, 1.82) is 0 Å². The molecule has 0 heterocycles. The van der Waals surface area contributed by atoms with Crippen LogP contribution in [0.25, 0.3) is 11.1 Å². The maximum absolute atomic E-state index is 10.4. The predicted molar refractivity (Wildman–Crippen MR) is 61.0 cm³/mol. The Morgan fingerprint density at radius 1 is 0.941 bits per heavy atom. The third kappa shape index (κ3) is 4.00. The first-order chi connectivity index (χ1) is 7.27. The summed E-state index contributed by atoms with van der Waals surface area (Å²) in [6, 6.07) is 16.9. The van der Waals surface area contributed by atoms with Crippen LogP contribution >= 0.6 is 0 Å². The SMILES string of the molecule is O.O=[N+]([O-])c1ccc(-c2cc[c-]cc2)cc1.[Y]. The van der Waals surface area contributed by atoms with Crippen LogP contribution in [0.5, 0.6) is 0 Å². The molecule has 0 atom stereocenters. The second-order valence-corrected chi connectivity index (χ2v) is 3.09. The second kappa shape index (κ2) is 7.27. The largest absolute Gasteiger partial charge is 0.412 e. The number of rotatable bonds is 2. The van der Waals surface area contributed by atoms with Crippen LogP contribution in [0.3, 0.4) is 0 Å². The summed E-state index contributed by atoms with van der Waals surface area (Å²) in [7, 11) is 0. The Balaban J connectivity index is 0.00000128. The van der Waals surface area contributed by atoms with E-state index in [-0.39, 0.29) is 43.9 Å². The summed E-state index contributed by atoms with van der Waals surface area (Å²) in [5, 5.41) is 10.4. The van der Waals surface area contributed by atoms with Crippen molar-refractivity contribution in [1.82, 2.24) is 0 Å². The topological polar surface area (TPSA) is 74.6 Å². The quantitative estimate of drug-likeness (QED) is 0.485. The average molecular weight is 305 g/mol. The van der Waals surface area contributed by atoms with Gasteiger partial charge in [0.2, 0.25) is 0 Å². The molecule has 4 nitrogen and oxygen atoms in total. The van der Waals surface area contributed by atoms with Crippen LogP contribution in [0.15, 0.2) is 48.5 Å². The fourth-order valence-electron chi connectivity index (χ4n) is 1.35. The second-order valence-electron chi connectivity index (χ2n) is 3.09. The molecule has 0 aliphatic carbocycles. The van der Waals surface area contributed by atoms with Gasteiger partial charge in [0.25, 0.3) is 5.69 Å². The minimum absolute atomic E-state index is 0. The number of nitro benzene ring substituents is 1. The van der Waals surface area contributed by atoms with E-state index in [9.17, 15) is 10.1 Å². The van der Waals surface area contributed by atoms with E-state index in [1.54, 1.807) is 12.1 Å². The van der Waals surface area contributed by atoms with Gasteiger partial charge in [-0.15, -0.1) is 5.56 Å². The molecule has 0 saturated carbocycles. The minimum Gasteiger partial charge on any atom is -0.412 e. The van der Waals surface area contributed by atoms with E-state index in [0.717, 1.165) is 11.1 Å². The fourth-order valence-corrected chi connectivity index (χ4v) is 1.35. The Morgan fingerprint density at radius 3 is 1.88 bits per heavy atom. The van der Waals surface area contributed by atoms with E-state index >= 15 is 0 Å². The first-order valence-corrected chi connectivity index (χ1v) is 4.48. The Morgan fingerprint density at radius 2 is 1.41 bits per heavy atom. The summed E-state index contributed by atoms with van der Waals surface area (Å²) in [5.41, 5.74) is 2.11. The molecule has 0 amide bonds. The first-order valence-electron chi connectivity index (χ1n) is 4.48. The smallest absolute Gasteiger partial charge is 0.269 e. The monoisotopic (exact) mass is 305 g/mol. The van der Waals surface area contributed by atoms with Gasteiger partial charge in [-0.25, -0.2) is 0 Å². The number of hydrogen-bond acceptors (Lipinski definition) is 2. The number of hydrogen-bond donors (Lipinski definition) is 0. The van der Waals surface area contributed by atoms with Crippen LogP contribution in [0.4, 0.5) is 5.69 Å². The molecule has 0 fully saturated rings. The molecular weight excluding hydrogens is 295 g/mol. The van der Waals surface area contributed by atoms with Crippen molar-refractivity contribution in [3.63, 3.8) is 0 Å². The molecule has 17 heavy (non-hydrogen) atoms. The summed E-state index contributed by atoms with van der Waals surface area (Å²) >= 11 is 0. The maximum atomic E-state index is 10.4. The van der Waals surface area contributed by atoms with Gasteiger partial charge in [0.05, 0.1) is 4.92 Å². The third-order valence-electron chi connectivity index (χ3n) is 2.13. The van der Waals surface area contributed by atoms with Crippen LogP contribution < -0.4 is 0 Å². The molecule has 0 saturated heterocycles. The molecular formula is C12H10NO3Y-. The van der Waals surface area contributed by atoms with E-state index in [1.165, 1.54) is 12.1 Å². The van der Waals surface area contributed by atoms with Crippen molar-refractivity contribution in [2.75, 3.05) is 0 Å².